The second-order valence-electron chi connectivity index (χ2n) is 4.71. The van der Waals surface area contributed by atoms with Crippen molar-refractivity contribution < 1.29 is 0 Å². The van der Waals surface area contributed by atoms with Gasteiger partial charge < -0.3 is 9.80 Å². The van der Waals surface area contributed by atoms with Crippen LogP contribution in [0.5, 0.6) is 0 Å². The molecule has 0 heterocycles. The van der Waals surface area contributed by atoms with Crippen LogP contribution in [0, 0.1) is 11.3 Å². The minimum absolute atomic E-state index is 0.534. The molecule has 3 nitrogen and oxygen atoms in total. The van der Waals surface area contributed by atoms with Gasteiger partial charge in [-0.3, -0.25) is 0 Å². The van der Waals surface area contributed by atoms with Crippen molar-refractivity contribution in [3.8, 4) is 6.07 Å². The Bertz CT molecular complexity index is 450. The van der Waals surface area contributed by atoms with Crippen molar-refractivity contribution in [3.05, 3.63) is 28.8 Å². The fourth-order valence-corrected chi connectivity index (χ4v) is 2.57. The molecule has 110 valence electrons. The van der Waals surface area contributed by atoms with E-state index in [-0.39, 0.29) is 0 Å². The van der Waals surface area contributed by atoms with Crippen molar-refractivity contribution >= 4 is 17.3 Å². The molecule has 0 fully saturated rings. The maximum absolute atomic E-state index is 9.26. The van der Waals surface area contributed by atoms with Crippen molar-refractivity contribution in [2.75, 3.05) is 37.6 Å². The summed E-state index contributed by atoms with van der Waals surface area (Å²) in [5, 5.41) is 9.80. The fraction of sp³-hybridized carbons (Fsp3) is 0.562. The van der Waals surface area contributed by atoms with Crippen LogP contribution >= 0.6 is 11.6 Å². The smallest absolute Gasteiger partial charge is 0.103 e. The lowest BCUT2D eigenvalue weighted by molar-refractivity contribution is 0.301. The SMILES string of the molecule is CCN(CC)CCCN(CC)c1cccc(Cl)c1C#N. The Morgan fingerprint density at radius 3 is 2.35 bits per heavy atom. The molecule has 0 saturated carbocycles. The van der Waals surface area contributed by atoms with Gasteiger partial charge in [0.25, 0.3) is 0 Å². The van der Waals surface area contributed by atoms with Crippen LogP contribution in [0.2, 0.25) is 5.02 Å². The van der Waals surface area contributed by atoms with Crippen LogP contribution in [0.3, 0.4) is 0 Å². The van der Waals surface area contributed by atoms with E-state index in [0.717, 1.165) is 44.8 Å². The Morgan fingerprint density at radius 1 is 1.10 bits per heavy atom. The van der Waals surface area contributed by atoms with Gasteiger partial charge in [-0.1, -0.05) is 31.5 Å². The molecule has 1 rings (SSSR count). The van der Waals surface area contributed by atoms with E-state index >= 15 is 0 Å². The minimum Gasteiger partial charge on any atom is -0.371 e. The normalized spacial score (nSPS) is 10.6. The Labute approximate surface area is 127 Å². The van der Waals surface area contributed by atoms with Crippen LogP contribution in [-0.4, -0.2) is 37.6 Å². The maximum atomic E-state index is 9.26. The van der Waals surface area contributed by atoms with E-state index in [1.807, 2.05) is 12.1 Å². The summed E-state index contributed by atoms with van der Waals surface area (Å²) in [6.07, 6.45) is 1.09. The van der Waals surface area contributed by atoms with E-state index in [9.17, 15) is 5.26 Å². The average molecular weight is 294 g/mol. The molecular weight excluding hydrogens is 270 g/mol. The third-order valence-corrected chi connectivity index (χ3v) is 3.94. The highest BCUT2D eigenvalue weighted by Crippen LogP contribution is 2.26. The zero-order chi connectivity index (χ0) is 15.0. The highest BCUT2D eigenvalue weighted by molar-refractivity contribution is 6.32. The molecule has 0 unspecified atom stereocenters. The van der Waals surface area contributed by atoms with Crippen LogP contribution in [0.4, 0.5) is 5.69 Å². The number of benzene rings is 1. The monoisotopic (exact) mass is 293 g/mol. The van der Waals surface area contributed by atoms with Gasteiger partial charge in [-0.05, 0) is 45.1 Å². The molecule has 0 amide bonds. The number of anilines is 1. The summed E-state index contributed by atoms with van der Waals surface area (Å²) in [4.78, 5) is 4.64. The summed E-state index contributed by atoms with van der Waals surface area (Å²) in [5.41, 5.74) is 1.53. The molecule has 0 aliphatic carbocycles. The van der Waals surface area contributed by atoms with Gasteiger partial charge in [0.1, 0.15) is 6.07 Å². The summed E-state index contributed by atoms with van der Waals surface area (Å²) in [6, 6.07) is 7.87. The number of rotatable bonds is 8. The zero-order valence-corrected chi connectivity index (χ0v) is 13.5. The van der Waals surface area contributed by atoms with Gasteiger partial charge in [-0.15, -0.1) is 0 Å². The molecule has 1 aromatic carbocycles. The molecule has 4 heteroatoms. The lowest BCUT2D eigenvalue weighted by atomic mass is 10.1. The number of halogens is 1. The zero-order valence-electron chi connectivity index (χ0n) is 12.7. The number of hydrogen-bond acceptors (Lipinski definition) is 3. The third kappa shape index (κ3) is 4.40. The van der Waals surface area contributed by atoms with E-state index in [1.165, 1.54) is 0 Å². The van der Waals surface area contributed by atoms with E-state index in [4.69, 9.17) is 11.6 Å². The van der Waals surface area contributed by atoms with E-state index < -0.39 is 0 Å². The average Bonchev–Trinajstić information content (AvgIpc) is 2.47. The summed E-state index contributed by atoms with van der Waals surface area (Å²) >= 11 is 6.10. The number of nitriles is 1. The molecule has 0 spiro atoms. The van der Waals surface area contributed by atoms with E-state index in [1.54, 1.807) is 6.07 Å². The quantitative estimate of drug-likeness (QED) is 0.731. The molecule has 0 N–H and O–H groups in total. The molecular formula is C16H24ClN3. The molecule has 0 saturated heterocycles. The summed E-state index contributed by atoms with van der Waals surface area (Å²) in [6.45, 7) is 11.6. The summed E-state index contributed by atoms with van der Waals surface area (Å²) in [5.74, 6) is 0. The lowest BCUT2D eigenvalue weighted by Crippen LogP contribution is -2.30. The predicted molar refractivity (Wildman–Crippen MR) is 86.5 cm³/mol. The van der Waals surface area contributed by atoms with Crippen LogP contribution in [0.15, 0.2) is 18.2 Å². The van der Waals surface area contributed by atoms with Gasteiger partial charge in [0.15, 0.2) is 0 Å². The van der Waals surface area contributed by atoms with Gasteiger partial charge in [-0.2, -0.15) is 5.26 Å². The summed E-state index contributed by atoms with van der Waals surface area (Å²) in [7, 11) is 0. The first-order chi connectivity index (χ1) is 9.67. The highest BCUT2D eigenvalue weighted by Gasteiger charge is 2.12. The Hall–Kier alpha value is -1.24. The van der Waals surface area contributed by atoms with Gasteiger partial charge in [0.2, 0.25) is 0 Å². The van der Waals surface area contributed by atoms with Crippen molar-refractivity contribution in [1.82, 2.24) is 4.90 Å². The predicted octanol–water partition coefficient (Wildman–Crippen LogP) is 3.77. The minimum atomic E-state index is 0.534. The van der Waals surface area contributed by atoms with Crippen molar-refractivity contribution in [2.45, 2.75) is 27.2 Å². The highest BCUT2D eigenvalue weighted by atomic mass is 35.5. The molecule has 0 aromatic heterocycles. The van der Waals surface area contributed by atoms with Crippen LogP contribution in [0.1, 0.15) is 32.8 Å². The van der Waals surface area contributed by atoms with Gasteiger partial charge in [0.05, 0.1) is 16.3 Å². The molecule has 0 aliphatic rings. The van der Waals surface area contributed by atoms with Crippen molar-refractivity contribution in [2.24, 2.45) is 0 Å². The third-order valence-electron chi connectivity index (χ3n) is 3.62. The first kappa shape index (κ1) is 16.8. The summed E-state index contributed by atoms with van der Waals surface area (Å²) < 4.78 is 0. The largest absolute Gasteiger partial charge is 0.371 e. The Morgan fingerprint density at radius 2 is 1.80 bits per heavy atom. The second-order valence-corrected chi connectivity index (χ2v) is 5.11. The van der Waals surface area contributed by atoms with Crippen LogP contribution in [0.25, 0.3) is 0 Å². The Kier molecular flexibility index (Phi) is 7.43. The maximum Gasteiger partial charge on any atom is 0.103 e. The fourth-order valence-electron chi connectivity index (χ4n) is 2.36. The topological polar surface area (TPSA) is 30.3 Å². The van der Waals surface area contributed by atoms with Gasteiger partial charge >= 0.3 is 0 Å². The molecule has 1 aromatic rings. The molecule has 0 atom stereocenters. The standard InChI is InChI=1S/C16H24ClN3/c1-4-19(5-2)11-8-12-20(6-3)16-10-7-9-15(17)14(16)13-18/h7,9-10H,4-6,8,11-12H2,1-3H3. The van der Waals surface area contributed by atoms with Crippen molar-refractivity contribution in [1.29, 1.82) is 5.26 Å². The van der Waals surface area contributed by atoms with Crippen LogP contribution in [-0.2, 0) is 0 Å². The molecule has 0 bridgehead atoms. The molecule has 20 heavy (non-hydrogen) atoms. The van der Waals surface area contributed by atoms with Crippen LogP contribution < -0.4 is 4.90 Å². The second kappa shape index (κ2) is 8.84. The number of nitrogens with zero attached hydrogens (tertiary/aromatic N) is 3. The van der Waals surface area contributed by atoms with Gasteiger partial charge in [0, 0.05) is 13.1 Å². The molecule has 0 radical (unpaired) electrons. The Balaban J connectivity index is 2.72. The first-order valence-electron chi connectivity index (χ1n) is 7.33. The number of hydrogen-bond donors (Lipinski definition) is 0. The first-order valence-corrected chi connectivity index (χ1v) is 7.71. The van der Waals surface area contributed by atoms with E-state index in [0.29, 0.717) is 10.6 Å². The lowest BCUT2D eigenvalue weighted by Gasteiger charge is -2.26. The van der Waals surface area contributed by atoms with Gasteiger partial charge in [-0.25, -0.2) is 0 Å². The van der Waals surface area contributed by atoms with Crippen molar-refractivity contribution in [3.63, 3.8) is 0 Å². The van der Waals surface area contributed by atoms with E-state index in [2.05, 4.69) is 36.6 Å². The molecule has 0 aliphatic heterocycles.